The van der Waals surface area contributed by atoms with Gasteiger partial charge in [-0.15, -0.1) is 0 Å². The molecule has 3 amide bonds. The number of hydrogen-bond acceptors (Lipinski definition) is 9. The van der Waals surface area contributed by atoms with Crippen molar-refractivity contribution in [3.05, 3.63) is 70.6 Å². The number of nitrogens with two attached hydrogens (primary N) is 3. The number of allylic oxidation sites excluding steroid dienone is 1. The van der Waals surface area contributed by atoms with E-state index in [1.165, 1.54) is 13.2 Å². The molecule has 0 saturated heterocycles. The SMILES string of the molecule is CCn1nc(C)cc1C(=O)/N=c1\n(C)c2cc(C(N)=O)cc(OC)c2n1C/C=C/CNc1c(N)cc(C(N)=O)cc1OCCCO[Si](C)(C)C(C)(C)C. The van der Waals surface area contributed by atoms with Gasteiger partial charge in [-0.1, -0.05) is 32.9 Å². The van der Waals surface area contributed by atoms with Gasteiger partial charge in [-0.2, -0.15) is 10.1 Å². The van der Waals surface area contributed by atoms with Crippen LogP contribution >= 0.6 is 0 Å². The largest absolute Gasteiger partial charge is 0.494 e. The Kier molecular flexibility index (Phi) is 12.6. The number of carbonyl (C=O) groups excluding carboxylic acids is 3. The van der Waals surface area contributed by atoms with Crippen molar-refractivity contribution >= 4 is 48.4 Å². The molecule has 2 aromatic carbocycles. The summed E-state index contributed by atoms with van der Waals surface area (Å²) in [5.41, 5.74) is 21.5. The fraction of sp³-hybridized carbons (Fsp3) is 0.432. The monoisotopic (exact) mass is 747 g/mol. The maximum absolute atomic E-state index is 13.5. The molecule has 0 saturated carbocycles. The molecule has 286 valence electrons. The van der Waals surface area contributed by atoms with Gasteiger partial charge in [0.2, 0.25) is 17.4 Å². The van der Waals surface area contributed by atoms with E-state index in [0.717, 1.165) is 0 Å². The molecule has 0 aliphatic heterocycles. The second kappa shape index (κ2) is 16.5. The van der Waals surface area contributed by atoms with Gasteiger partial charge in [0.05, 0.1) is 30.6 Å². The van der Waals surface area contributed by atoms with E-state index in [2.05, 4.69) is 49.3 Å². The minimum absolute atomic E-state index is 0.0988. The normalized spacial score (nSPS) is 12.5. The molecule has 53 heavy (non-hydrogen) atoms. The number of hydrogen-bond donors (Lipinski definition) is 4. The molecule has 0 aliphatic rings. The van der Waals surface area contributed by atoms with Crippen LogP contribution in [-0.4, -0.2) is 71.8 Å². The molecule has 2 aromatic heterocycles. The molecular weight excluding hydrogens is 695 g/mol. The number of benzene rings is 2. The zero-order chi connectivity index (χ0) is 39.2. The number of amides is 3. The number of primary amides is 2. The van der Waals surface area contributed by atoms with E-state index < -0.39 is 26.0 Å². The second-order valence-corrected chi connectivity index (χ2v) is 19.1. The van der Waals surface area contributed by atoms with E-state index >= 15 is 0 Å². The summed E-state index contributed by atoms with van der Waals surface area (Å²) >= 11 is 0. The first-order valence-electron chi connectivity index (χ1n) is 17.5. The van der Waals surface area contributed by atoms with Gasteiger partial charge in [-0.3, -0.25) is 19.1 Å². The molecule has 0 unspecified atom stereocenters. The molecule has 0 radical (unpaired) electrons. The van der Waals surface area contributed by atoms with Gasteiger partial charge in [0.25, 0.3) is 5.91 Å². The van der Waals surface area contributed by atoms with Gasteiger partial charge in [0.1, 0.15) is 28.4 Å². The summed E-state index contributed by atoms with van der Waals surface area (Å²) in [6.45, 7) is 16.7. The number of ether oxygens (including phenoxy) is 2. The van der Waals surface area contributed by atoms with Crippen molar-refractivity contribution in [1.29, 1.82) is 0 Å². The molecule has 7 N–H and O–H groups in total. The standard InChI is InChI=1S/C37H53N9O6Si/c1-10-46-28(18-23(2)43-46)35(49)42-36-44(6)27-20-25(34(40)48)22-30(50-7)32(27)45(36)15-12-11-14-41-31-26(38)19-24(33(39)47)21-29(31)51-16-13-17-52-53(8,9)37(3,4)5/h11-12,18-22,41H,10,13-17,38H2,1-9H3,(H2,39,47)(H2,40,48)/b12-11+,42-36+. The predicted molar refractivity (Wildman–Crippen MR) is 209 cm³/mol. The van der Waals surface area contributed by atoms with Crippen molar-refractivity contribution in [2.24, 2.45) is 23.5 Å². The van der Waals surface area contributed by atoms with Gasteiger partial charge in [0.15, 0.2) is 8.32 Å². The molecule has 0 fully saturated rings. The third kappa shape index (κ3) is 9.18. The van der Waals surface area contributed by atoms with E-state index in [-0.39, 0.29) is 22.7 Å². The predicted octanol–water partition coefficient (Wildman–Crippen LogP) is 4.49. The fourth-order valence-electron chi connectivity index (χ4n) is 5.51. The summed E-state index contributed by atoms with van der Waals surface area (Å²) in [4.78, 5) is 42.3. The first kappa shape index (κ1) is 40.4. The van der Waals surface area contributed by atoms with Crippen LogP contribution in [0.2, 0.25) is 18.1 Å². The maximum atomic E-state index is 13.5. The lowest BCUT2D eigenvalue weighted by atomic mass is 10.1. The Morgan fingerprint density at radius 1 is 1.00 bits per heavy atom. The van der Waals surface area contributed by atoms with Crippen LogP contribution in [0.1, 0.15) is 71.0 Å². The summed E-state index contributed by atoms with van der Waals surface area (Å²) in [6, 6.07) is 7.99. The van der Waals surface area contributed by atoms with Gasteiger partial charge in [0, 0.05) is 50.8 Å². The third-order valence-corrected chi connectivity index (χ3v) is 14.0. The summed E-state index contributed by atoms with van der Waals surface area (Å²) in [5, 5.41) is 7.78. The summed E-state index contributed by atoms with van der Waals surface area (Å²) in [7, 11) is 1.35. The van der Waals surface area contributed by atoms with Gasteiger partial charge < -0.3 is 45.6 Å². The lowest BCUT2D eigenvalue weighted by Gasteiger charge is -2.36. The van der Waals surface area contributed by atoms with Gasteiger partial charge in [-0.05, 0) is 62.3 Å². The van der Waals surface area contributed by atoms with Crippen LogP contribution in [0.5, 0.6) is 11.5 Å². The number of aromatic nitrogens is 4. The van der Waals surface area contributed by atoms with Crippen molar-refractivity contribution in [1.82, 2.24) is 18.9 Å². The zero-order valence-corrected chi connectivity index (χ0v) is 33.2. The second-order valence-electron chi connectivity index (χ2n) is 14.2. The van der Waals surface area contributed by atoms with Crippen molar-refractivity contribution in [3.8, 4) is 11.5 Å². The molecule has 0 bridgehead atoms. The Labute approximate surface area is 310 Å². The number of fused-ring (bicyclic) bond motifs is 1. The molecular formula is C37H53N9O6Si. The van der Waals surface area contributed by atoms with Crippen LogP contribution in [-0.2, 0) is 24.6 Å². The van der Waals surface area contributed by atoms with Crippen LogP contribution in [0.15, 0.2) is 47.5 Å². The number of rotatable bonds is 16. The summed E-state index contributed by atoms with van der Waals surface area (Å²) in [5.74, 6) is -0.916. The molecule has 2 heterocycles. The van der Waals surface area contributed by atoms with Crippen molar-refractivity contribution in [2.75, 3.05) is 37.9 Å². The highest BCUT2D eigenvalue weighted by molar-refractivity contribution is 6.74. The molecule has 16 heteroatoms. The third-order valence-electron chi connectivity index (χ3n) is 9.44. The fourth-order valence-corrected chi connectivity index (χ4v) is 6.60. The van der Waals surface area contributed by atoms with Crippen LogP contribution in [0.25, 0.3) is 11.0 Å². The number of methoxy groups -OCH3 is 1. The first-order valence-corrected chi connectivity index (χ1v) is 20.4. The minimum atomic E-state index is -1.90. The van der Waals surface area contributed by atoms with Gasteiger partial charge in [-0.25, -0.2) is 0 Å². The highest BCUT2D eigenvalue weighted by Crippen LogP contribution is 2.37. The molecule has 4 rings (SSSR count). The number of nitrogen functional groups attached to an aromatic ring is 1. The van der Waals surface area contributed by atoms with Crippen LogP contribution in [0.3, 0.4) is 0 Å². The lowest BCUT2D eigenvalue weighted by molar-refractivity contribution is 0.0980. The highest BCUT2D eigenvalue weighted by Gasteiger charge is 2.36. The maximum Gasteiger partial charge on any atom is 0.298 e. The molecule has 0 aliphatic carbocycles. The van der Waals surface area contributed by atoms with E-state index in [1.54, 1.807) is 40.6 Å². The van der Waals surface area contributed by atoms with Gasteiger partial charge >= 0.3 is 0 Å². The number of aryl methyl sites for hydroxylation is 3. The molecule has 0 spiro atoms. The quantitative estimate of drug-likeness (QED) is 0.0550. The number of anilines is 2. The van der Waals surface area contributed by atoms with E-state index in [4.69, 9.17) is 31.1 Å². The zero-order valence-electron chi connectivity index (χ0n) is 32.2. The number of imidazole rings is 1. The topological polar surface area (TPSA) is 209 Å². The number of nitrogens with one attached hydrogen (secondary N) is 1. The minimum Gasteiger partial charge on any atom is -0.494 e. The van der Waals surface area contributed by atoms with Crippen molar-refractivity contribution in [3.63, 3.8) is 0 Å². The number of carbonyl (C=O) groups is 3. The average molecular weight is 748 g/mol. The summed E-state index contributed by atoms with van der Waals surface area (Å²) in [6.07, 6.45) is 4.43. The Morgan fingerprint density at radius 2 is 1.66 bits per heavy atom. The Bertz CT molecular complexity index is 2100. The summed E-state index contributed by atoms with van der Waals surface area (Å²) < 4.78 is 23.2. The van der Waals surface area contributed by atoms with Crippen molar-refractivity contribution in [2.45, 2.75) is 72.3 Å². The molecule has 0 atom stereocenters. The van der Waals surface area contributed by atoms with Crippen LogP contribution < -0.4 is 37.6 Å². The van der Waals surface area contributed by atoms with E-state index in [0.29, 0.717) is 83.6 Å². The number of nitrogens with zero attached hydrogens (tertiary/aromatic N) is 5. The van der Waals surface area contributed by atoms with E-state index in [1.807, 2.05) is 30.6 Å². The average Bonchev–Trinajstić information content (AvgIpc) is 3.60. The smallest absolute Gasteiger partial charge is 0.298 e. The first-order chi connectivity index (χ1) is 24.9. The van der Waals surface area contributed by atoms with Crippen LogP contribution in [0, 0.1) is 6.92 Å². The van der Waals surface area contributed by atoms with E-state index in [9.17, 15) is 14.4 Å². The lowest BCUT2D eigenvalue weighted by Crippen LogP contribution is -2.41. The highest BCUT2D eigenvalue weighted by atomic mass is 28.4. The Balaban J connectivity index is 1.61. The Hall–Kier alpha value is -5.35. The van der Waals surface area contributed by atoms with Crippen molar-refractivity contribution < 1.29 is 28.3 Å². The molecule has 4 aromatic rings. The van der Waals surface area contributed by atoms with Crippen LogP contribution in [0.4, 0.5) is 11.4 Å². The Morgan fingerprint density at radius 3 is 2.28 bits per heavy atom. The molecule has 15 nitrogen and oxygen atoms in total.